The molecule has 1 rings (SSSR count). The van der Waals surface area contributed by atoms with E-state index in [0.29, 0.717) is 23.2 Å². The number of carboxylic acids is 1. The van der Waals surface area contributed by atoms with Crippen molar-refractivity contribution >= 4 is 33.6 Å². The van der Waals surface area contributed by atoms with Crippen LogP contribution in [0.25, 0.3) is 0 Å². The highest BCUT2D eigenvalue weighted by molar-refractivity contribution is 9.10. The minimum atomic E-state index is -1.05. The van der Waals surface area contributed by atoms with Gasteiger partial charge in [-0.25, -0.2) is 9.59 Å². The summed E-state index contributed by atoms with van der Waals surface area (Å²) in [7, 11) is 0. The average Bonchev–Trinajstić information content (AvgIpc) is 2.40. The number of hydrogen-bond acceptors (Lipinski definition) is 2. The first-order valence-corrected chi connectivity index (χ1v) is 6.98. The fraction of sp³-hybridized carbons (Fsp3) is 0.286. The van der Waals surface area contributed by atoms with Crippen LogP contribution in [0.5, 0.6) is 0 Å². The zero-order chi connectivity index (χ0) is 15.1. The van der Waals surface area contributed by atoms with Crippen molar-refractivity contribution in [3.05, 3.63) is 40.9 Å². The zero-order valence-electron chi connectivity index (χ0n) is 11.2. The van der Waals surface area contributed by atoms with Gasteiger partial charge < -0.3 is 15.3 Å². The first-order chi connectivity index (χ1) is 9.49. The number of amides is 2. The Morgan fingerprint density at radius 3 is 2.75 bits per heavy atom. The predicted molar refractivity (Wildman–Crippen MR) is 82.2 cm³/mol. The van der Waals surface area contributed by atoms with Crippen molar-refractivity contribution in [1.29, 1.82) is 0 Å². The molecule has 0 aliphatic rings. The summed E-state index contributed by atoms with van der Waals surface area (Å²) in [5, 5.41) is 11.7. The molecular formula is C14H17BrN2O3. The summed E-state index contributed by atoms with van der Waals surface area (Å²) in [5.41, 5.74) is 0.550. The van der Waals surface area contributed by atoms with E-state index in [0.717, 1.165) is 6.42 Å². The van der Waals surface area contributed by atoms with E-state index in [1.165, 1.54) is 6.07 Å². The lowest BCUT2D eigenvalue weighted by Gasteiger charge is -2.21. The molecular weight excluding hydrogens is 324 g/mol. The maximum absolute atomic E-state index is 12.1. The van der Waals surface area contributed by atoms with Gasteiger partial charge in [-0.1, -0.05) is 13.0 Å². The van der Waals surface area contributed by atoms with Crippen LogP contribution >= 0.6 is 15.9 Å². The Morgan fingerprint density at radius 1 is 1.50 bits per heavy atom. The standard InChI is InChI=1S/C14H17BrN2O3/c1-3-7-17(8-4-2)14(20)16-10-5-6-12(15)11(9-10)13(18)19/h3,5-6,9H,1,4,7-8H2,2H3,(H,16,20)(H,18,19). The quantitative estimate of drug-likeness (QED) is 0.777. The predicted octanol–water partition coefficient (Wildman–Crippen LogP) is 3.58. The maximum Gasteiger partial charge on any atom is 0.336 e. The largest absolute Gasteiger partial charge is 0.478 e. The number of anilines is 1. The van der Waals surface area contributed by atoms with Gasteiger partial charge in [0.1, 0.15) is 0 Å². The lowest BCUT2D eigenvalue weighted by atomic mass is 10.2. The molecule has 0 bridgehead atoms. The number of aromatic carboxylic acids is 1. The zero-order valence-corrected chi connectivity index (χ0v) is 12.8. The monoisotopic (exact) mass is 340 g/mol. The molecule has 0 aromatic heterocycles. The van der Waals surface area contributed by atoms with Crippen molar-refractivity contribution in [2.45, 2.75) is 13.3 Å². The van der Waals surface area contributed by atoms with Crippen molar-refractivity contribution in [3.8, 4) is 0 Å². The molecule has 0 aliphatic carbocycles. The SMILES string of the molecule is C=CCN(CCC)C(=O)Nc1ccc(Br)c(C(=O)O)c1. The van der Waals surface area contributed by atoms with Crippen LogP contribution in [-0.4, -0.2) is 35.1 Å². The van der Waals surface area contributed by atoms with Crippen LogP contribution in [0.2, 0.25) is 0 Å². The summed E-state index contributed by atoms with van der Waals surface area (Å²) >= 11 is 3.16. The van der Waals surface area contributed by atoms with E-state index in [2.05, 4.69) is 27.8 Å². The lowest BCUT2D eigenvalue weighted by molar-refractivity contribution is 0.0696. The number of hydrogen-bond donors (Lipinski definition) is 2. The van der Waals surface area contributed by atoms with Crippen molar-refractivity contribution in [3.63, 3.8) is 0 Å². The van der Waals surface area contributed by atoms with Gasteiger partial charge in [-0.3, -0.25) is 0 Å². The molecule has 1 aromatic rings. The second-order valence-corrected chi connectivity index (χ2v) is 5.02. The lowest BCUT2D eigenvalue weighted by Crippen LogP contribution is -2.35. The molecule has 0 heterocycles. The molecule has 20 heavy (non-hydrogen) atoms. The number of nitrogens with zero attached hydrogens (tertiary/aromatic N) is 1. The summed E-state index contributed by atoms with van der Waals surface area (Å²) < 4.78 is 0.472. The van der Waals surface area contributed by atoms with E-state index in [9.17, 15) is 9.59 Å². The van der Waals surface area contributed by atoms with E-state index in [1.54, 1.807) is 23.1 Å². The van der Waals surface area contributed by atoms with E-state index in [1.807, 2.05) is 6.92 Å². The van der Waals surface area contributed by atoms with Gasteiger partial charge in [-0.2, -0.15) is 0 Å². The van der Waals surface area contributed by atoms with Crippen LogP contribution in [0.4, 0.5) is 10.5 Å². The Bertz CT molecular complexity index is 517. The molecule has 0 aliphatic heterocycles. The molecule has 0 saturated heterocycles. The second-order valence-electron chi connectivity index (χ2n) is 4.16. The minimum Gasteiger partial charge on any atom is -0.478 e. The van der Waals surface area contributed by atoms with Gasteiger partial charge in [-0.05, 0) is 40.5 Å². The Labute approximate surface area is 126 Å². The maximum atomic E-state index is 12.1. The summed E-state index contributed by atoms with van der Waals surface area (Å²) in [6.45, 7) is 6.65. The summed E-state index contributed by atoms with van der Waals surface area (Å²) in [6, 6.07) is 4.39. The van der Waals surface area contributed by atoms with Crippen LogP contribution in [0.3, 0.4) is 0 Å². The number of carbonyl (C=O) groups excluding carboxylic acids is 1. The fourth-order valence-electron chi connectivity index (χ4n) is 1.67. The van der Waals surface area contributed by atoms with Gasteiger partial charge in [0.15, 0.2) is 0 Å². The minimum absolute atomic E-state index is 0.105. The Kier molecular flexibility index (Phi) is 6.24. The average molecular weight is 341 g/mol. The summed E-state index contributed by atoms with van der Waals surface area (Å²) in [6.07, 6.45) is 2.49. The van der Waals surface area contributed by atoms with Crippen LogP contribution in [0, 0.1) is 0 Å². The number of halogens is 1. The number of carboxylic acid groups (broad SMARTS) is 1. The molecule has 0 saturated carbocycles. The Balaban J connectivity index is 2.86. The molecule has 0 radical (unpaired) electrons. The molecule has 2 amide bonds. The van der Waals surface area contributed by atoms with Crippen molar-refractivity contribution in [2.24, 2.45) is 0 Å². The van der Waals surface area contributed by atoms with Crippen LogP contribution < -0.4 is 5.32 Å². The van der Waals surface area contributed by atoms with Crippen LogP contribution in [0.1, 0.15) is 23.7 Å². The highest BCUT2D eigenvalue weighted by Crippen LogP contribution is 2.21. The normalized spacial score (nSPS) is 9.90. The third kappa shape index (κ3) is 4.38. The first kappa shape index (κ1) is 16.2. The van der Waals surface area contributed by atoms with E-state index < -0.39 is 5.97 Å². The first-order valence-electron chi connectivity index (χ1n) is 6.19. The third-order valence-electron chi connectivity index (χ3n) is 2.58. The summed E-state index contributed by atoms with van der Waals surface area (Å²) in [4.78, 5) is 24.7. The molecule has 5 nitrogen and oxygen atoms in total. The van der Waals surface area contributed by atoms with Crippen molar-refractivity contribution < 1.29 is 14.7 Å². The number of rotatable bonds is 6. The second kappa shape index (κ2) is 7.69. The number of nitrogens with one attached hydrogen (secondary N) is 1. The van der Waals surface area contributed by atoms with Crippen LogP contribution in [0.15, 0.2) is 35.3 Å². The molecule has 0 atom stereocenters. The molecule has 0 fully saturated rings. The number of carbonyl (C=O) groups is 2. The molecule has 108 valence electrons. The third-order valence-corrected chi connectivity index (χ3v) is 3.27. The highest BCUT2D eigenvalue weighted by atomic mass is 79.9. The van der Waals surface area contributed by atoms with Gasteiger partial charge >= 0.3 is 12.0 Å². The Hall–Kier alpha value is -1.82. The van der Waals surface area contributed by atoms with E-state index >= 15 is 0 Å². The van der Waals surface area contributed by atoms with E-state index in [4.69, 9.17) is 5.11 Å². The molecule has 2 N–H and O–H groups in total. The molecule has 0 spiro atoms. The van der Waals surface area contributed by atoms with Gasteiger partial charge in [0, 0.05) is 23.2 Å². The molecule has 6 heteroatoms. The molecule has 0 unspecified atom stereocenters. The van der Waals surface area contributed by atoms with Crippen molar-refractivity contribution in [2.75, 3.05) is 18.4 Å². The van der Waals surface area contributed by atoms with Gasteiger partial charge in [0.25, 0.3) is 0 Å². The van der Waals surface area contributed by atoms with Gasteiger partial charge in [0.2, 0.25) is 0 Å². The van der Waals surface area contributed by atoms with Gasteiger partial charge in [0.05, 0.1) is 5.56 Å². The molecule has 1 aromatic carbocycles. The summed E-state index contributed by atoms with van der Waals surface area (Å²) in [5.74, 6) is -1.05. The van der Waals surface area contributed by atoms with Crippen LogP contribution in [-0.2, 0) is 0 Å². The number of urea groups is 1. The van der Waals surface area contributed by atoms with Gasteiger partial charge in [-0.15, -0.1) is 6.58 Å². The number of benzene rings is 1. The Morgan fingerprint density at radius 2 is 2.20 bits per heavy atom. The fourth-order valence-corrected chi connectivity index (χ4v) is 2.09. The smallest absolute Gasteiger partial charge is 0.336 e. The van der Waals surface area contributed by atoms with Crippen molar-refractivity contribution in [1.82, 2.24) is 4.90 Å². The topological polar surface area (TPSA) is 69.6 Å². The van der Waals surface area contributed by atoms with E-state index in [-0.39, 0.29) is 11.6 Å². The highest BCUT2D eigenvalue weighted by Gasteiger charge is 2.13.